The Labute approximate surface area is 215 Å². The van der Waals surface area contributed by atoms with Crippen LogP contribution in [0.2, 0.25) is 0 Å². The van der Waals surface area contributed by atoms with Crippen LogP contribution in [0.15, 0.2) is 29.3 Å². The van der Waals surface area contributed by atoms with Gasteiger partial charge in [0.1, 0.15) is 0 Å². The number of hydrazine groups is 1. The van der Waals surface area contributed by atoms with E-state index in [-0.39, 0.29) is 23.4 Å². The van der Waals surface area contributed by atoms with Crippen molar-refractivity contribution in [3.05, 3.63) is 40.6 Å². The van der Waals surface area contributed by atoms with Crippen molar-refractivity contribution in [3.63, 3.8) is 0 Å². The van der Waals surface area contributed by atoms with Gasteiger partial charge in [-0.1, -0.05) is 19.3 Å². The van der Waals surface area contributed by atoms with Crippen molar-refractivity contribution in [1.29, 1.82) is 0 Å². The molecule has 2 aliphatic carbocycles. The van der Waals surface area contributed by atoms with Crippen molar-refractivity contribution in [2.45, 2.75) is 69.8 Å². The molecule has 0 aromatic carbocycles. The average molecular weight is 521 g/mol. The molecule has 2 aliphatic heterocycles. The molecular weight excluding hydrogens is 481 g/mol. The number of imidazole rings is 1. The zero-order valence-corrected chi connectivity index (χ0v) is 21.5. The second kappa shape index (κ2) is 10.0. The summed E-state index contributed by atoms with van der Waals surface area (Å²) in [5.74, 6) is 2.60. The molecule has 4 heterocycles. The number of rotatable bonds is 5. The van der Waals surface area contributed by atoms with Crippen LogP contribution in [0.3, 0.4) is 0 Å². The third kappa shape index (κ3) is 4.75. The summed E-state index contributed by atoms with van der Waals surface area (Å²) < 4.78 is 44.1. The molecule has 204 valence electrons. The number of piperidine rings is 1. The van der Waals surface area contributed by atoms with E-state index in [0.717, 1.165) is 57.9 Å². The van der Waals surface area contributed by atoms with Gasteiger partial charge in [-0.2, -0.15) is 13.2 Å². The van der Waals surface area contributed by atoms with Gasteiger partial charge in [-0.05, 0) is 94.0 Å². The van der Waals surface area contributed by atoms with Crippen LogP contribution in [-0.2, 0) is 6.18 Å². The first-order valence-corrected chi connectivity index (χ1v) is 14.0. The van der Waals surface area contributed by atoms with Gasteiger partial charge < -0.3 is 5.32 Å². The van der Waals surface area contributed by atoms with E-state index in [1.54, 1.807) is 4.57 Å². The molecular formula is C27H39F3N6O. The zero-order chi connectivity index (χ0) is 25.7. The van der Waals surface area contributed by atoms with Crippen molar-refractivity contribution in [2.24, 2.45) is 29.6 Å². The number of hydrogen-bond donors (Lipinski definition) is 3. The van der Waals surface area contributed by atoms with Gasteiger partial charge in [0, 0.05) is 18.4 Å². The van der Waals surface area contributed by atoms with Gasteiger partial charge in [0.15, 0.2) is 0 Å². The van der Waals surface area contributed by atoms with Gasteiger partial charge >= 0.3 is 11.9 Å². The molecule has 5 atom stereocenters. The normalized spacial score (nSPS) is 31.6. The van der Waals surface area contributed by atoms with Crippen LogP contribution >= 0.6 is 0 Å². The molecule has 4 aliphatic rings. The van der Waals surface area contributed by atoms with E-state index in [9.17, 15) is 18.0 Å². The minimum absolute atomic E-state index is 0.0440. The number of pyridine rings is 1. The van der Waals surface area contributed by atoms with Gasteiger partial charge in [0.05, 0.1) is 23.9 Å². The lowest BCUT2D eigenvalue weighted by molar-refractivity contribution is -0.136. The average Bonchev–Trinajstić information content (AvgIpc) is 3.43. The Hall–Kier alpha value is -1.88. The Morgan fingerprint density at radius 1 is 1.03 bits per heavy atom. The zero-order valence-electron chi connectivity index (χ0n) is 21.5. The Morgan fingerprint density at radius 2 is 1.81 bits per heavy atom. The Morgan fingerprint density at radius 3 is 2.46 bits per heavy atom. The van der Waals surface area contributed by atoms with Crippen molar-refractivity contribution < 1.29 is 13.2 Å². The highest BCUT2D eigenvalue weighted by molar-refractivity contribution is 5.55. The first kappa shape index (κ1) is 25.4. The van der Waals surface area contributed by atoms with E-state index in [0.29, 0.717) is 29.6 Å². The maximum atomic E-state index is 13.8. The molecule has 2 saturated carbocycles. The summed E-state index contributed by atoms with van der Waals surface area (Å²) in [4.78, 5) is 15.8. The predicted molar refractivity (Wildman–Crippen MR) is 136 cm³/mol. The highest BCUT2D eigenvalue weighted by Gasteiger charge is 2.46. The van der Waals surface area contributed by atoms with Crippen LogP contribution < -0.4 is 21.9 Å². The number of nitrogens with zero attached hydrogens (tertiary/aromatic N) is 3. The standard InChI is InChI=1S/C27H39F3N6O/c1-34-16-32-33-25(34)24(18-4-2-5-18)20-12-19(17-7-9-31-10-8-17)13-21(14-20)36-15-23-22(27(28,29)30)6-3-11-35(23)26(36)37/h3,6,11,15,17-21,24-25,31-33H,2,4-5,7-10,12-14,16H2,1H3/t19?,20?,21?,24-,25?/m0/s1. The van der Waals surface area contributed by atoms with Crippen LogP contribution in [0.25, 0.3) is 5.52 Å². The fourth-order valence-electron chi connectivity index (χ4n) is 7.85. The largest absolute Gasteiger partial charge is 0.418 e. The van der Waals surface area contributed by atoms with Crippen LogP contribution in [0.1, 0.15) is 63.0 Å². The SMILES string of the molecule is CN1CNNC1[C@@H](C1CCC1)C1CC(C2CCNCC2)CC(n2cc3c(C(F)(F)F)cccn3c2=O)C1. The van der Waals surface area contributed by atoms with Gasteiger partial charge in [0.25, 0.3) is 0 Å². The highest BCUT2D eigenvalue weighted by Crippen LogP contribution is 2.50. The second-order valence-electron chi connectivity index (χ2n) is 11.9. The van der Waals surface area contributed by atoms with Crippen LogP contribution in [0.5, 0.6) is 0 Å². The molecule has 2 aromatic rings. The van der Waals surface area contributed by atoms with Crippen molar-refractivity contribution in [3.8, 4) is 0 Å². The molecule has 3 N–H and O–H groups in total. The minimum Gasteiger partial charge on any atom is -0.317 e. The van der Waals surface area contributed by atoms with Crippen LogP contribution in [-0.4, -0.2) is 46.8 Å². The predicted octanol–water partition coefficient (Wildman–Crippen LogP) is 3.82. The first-order chi connectivity index (χ1) is 17.8. The molecule has 2 aromatic heterocycles. The molecule has 4 unspecified atom stereocenters. The molecule has 0 amide bonds. The number of nitrogens with one attached hydrogen (secondary N) is 3. The van der Waals surface area contributed by atoms with Crippen molar-refractivity contribution >= 4 is 5.52 Å². The Bertz CT molecular complexity index is 1150. The molecule has 0 radical (unpaired) electrons. The summed E-state index contributed by atoms with van der Waals surface area (Å²) in [6.45, 7) is 2.83. The fourth-order valence-corrected chi connectivity index (χ4v) is 7.85. The number of halogens is 3. The molecule has 7 nitrogen and oxygen atoms in total. The lowest BCUT2D eigenvalue weighted by Crippen LogP contribution is -2.51. The van der Waals surface area contributed by atoms with E-state index < -0.39 is 11.7 Å². The third-order valence-corrected chi connectivity index (χ3v) is 9.88. The quantitative estimate of drug-likeness (QED) is 0.560. The number of fused-ring (bicyclic) bond motifs is 1. The Balaban J connectivity index is 1.38. The van der Waals surface area contributed by atoms with Gasteiger partial charge in [0.2, 0.25) is 0 Å². The minimum atomic E-state index is -4.50. The van der Waals surface area contributed by atoms with E-state index in [1.165, 1.54) is 42.1 Å². The maximum absolute atomic E-state index is 13.8. The van der Waals surface area contributed by atoms with E-state index in [1.807, 2.05) is 0 Å². The molecule has 2 saturated heterocycles. The van der Waals surface area contributed by atoms with Gasteiger partial charge in [-0.25, -0.2) is 15.6 Å². The second-order valence-corrected chi connectivity index (χ2v) is 11.9. The van der Waals surface area contributed by atoms with Gasteiger partial charge in [-0.3, -0.25) is 13.9 Å². The van der Waals surface area contributed by atoms with Crippen LogP contribution in [0, 0.1) is 29.6 Å². The summed E-state index contributed by atoms with van der Waals surface area (Å²) in [7, 11) is 2.15. The lowest BCUT2D eigenvalue weighted by Gasteiger charge is -2.49. The molecule has 6 rings (SSSR count). The van der Waals surface area contributed by atoms with E-state index in [4.69, 9.17) is 0 Å². The molecule has 10 heteroatoms. The number of alkyl halides is 3. The molecule has 0 spiro atoms. The fraction of sp³-hybridized carbons (Fsp3) is 0.741. The summed E-state index contributed by atoms with van der Waals surface area (Å²) >= 11 is 0. The maximum Gasteiger partial charge on any atom is 0.418 e. The van der Waals surface area contributed by atoms with Crippen LogP contribution in [0.4, 0.5) is 13.2 Å². The summed E-state index contributed by atoms with van der Waals surface area (Å²) in [5.41, 5.74) is 5.70. The third-order valence-electron chi connectivity index (χ3n) is 9.88. The molecule has 0 bridgehead atoms. The van der Waals surface area contributed by atoms with Crippen molar-refractivity contribution in [2.75, 3.05) is 26.8 Å². The number of hydrogen-bond acceptors (Lipinski definition) is 5. The Kier molecular flexibility index (Phi) is 6.88. The smallest absolute Gasteiger partial charge is 0.317 e. The first-order valence-electron chi connectivity index (χ1n) is 14.0. The highest BCUT2D eigenvalue weighted by atomic mass is 19.4. The van der Waals surface area contributed by atoms with Gasteiger partial charge in [-0.15, -0.1) is 0 Å². The number of aromatic nitrogens is 2. The summed E-state index contributed by atoms with van der Waals surface area (Å²) in [6.07, 6.45) is 7.54. The van der Waals surface area contributed by atoms with E-state index >= 15 is 0 Å². The van der Waals surface area contributed by atoms with E-state index in [2.05, 4.69) is 28.1 Å². The lowest BCUT2D eigenvalue weighted by atomic mass is 9.61. The molecule has 37 heavy (non-hydrogen) atoms. The van der Waals surface area contributed by atoms with Crippen molar-refractivity contribution in [1.82, 2.24) is 30.0 Å². The molecule has 4 fully saturated rings. The topological polar surface area (TPSA) is 65.7 Å². The summed E-state index contributed by atoms with van der Waals surface area (Å²) in [6, 6.07) is 2.31. The summed E-state index contributed by atoms with van der Waals surface area (Å²) in [5, 5.41) is 3.47. The monoisotopic (exact) mass is 520 g/mol.